The predicted octanol–water partition coefficient (Wildman–Crippen LogP) is 7.11. The van der Waals surface area contributed by atoms with Crippen molar-refractivity contribution in [1.29, 1.82) is 0 Å². The molecule has 4 heterocycles. The number of ether oxygens (including phenoxy) is 1. The van der Waals surface area contributed by atoms with E-state index in [2.05, 4.69) is 4.90 Å². The summed E-state index contributed by atoms with van der Waals surface area (Å²) in [5, 5.41) is 0. The van der Waals surface area contributed by atoms with Gasteiger partial charge in [-0.1, -0.05) is 24.3 Å². The number of nitrogens with zero attached hydrogens (tertiary/aromatic N) is 4. The molecule has 3 aliphatic rings. The van der Waals surface area contributed by atoms with E-state index in [9.17, 15) is 35.9 Å². The SMILES string of the molecule is Cc1ccccc1-c1cc(N2CCC(N3CCCC3=O)CC2)nc2c1C(=O)N(Cc1cc(C(F)(F)F)cc(C(F)(F)F)c1)CCCO2. The fourth-order valence-electron chi connectivity index (χ4n) is 6.70. The summed E-state index contributed by atoms with van der Waals surface area (Å²) in [5.74, 6) is 0.225. The Morgan fingerprint density at radius 1 is 0.851 bits per heavy atom. The molecular formula is C34H34F6N4O3. The lowest BCUT2D eigenvalue weighted by atomic mass is 9.95. The Balaban J connectivity index is 1.37. The summed E-state index contributed by atoms with van der Waals surface area (Å²) >= 11 is 0. The minimum absolute atomic E-state index is 0.0492. The van der Waals surface area contributed by atoms with Gasteiger partial charge in [0.2, 0.25) is 11.8 Å². The molecule has 0 radical (unpaired) electrons. The van der Waals surface area contributed by atoms with Crippen LogP contribution in [0.3, 0.4) is 0 Å². The van der Waals surface area contributed by atoms with Crippen LogP contribution in [0.4, 0.5) is 32.2 Å². The van der Waals surface area contributed by atoms with Crippen LogP contribution in [0.15, 0.2) is 48.5 Å². The second kappa shape index (κ2) is 12.7. The number of carbonyl (C=O) groups excluding carboxylic acids is 2. The first-order valence-electron chi connectivity index (χ1n) is 15.7. The van der Waals surface area contributed by atoms with Crippen LogP contribution in [0.25, 0.3) is 11.1 Å². The Labute approximate surface area is 268 Å². The van der Waals surface area contributed by atoms with Gasteiger partial charge in [-0.2, -0.15) is 31.3 Å². The lowest BCUT2D eigenvalue weighted by molar-refractivity contribution is -0.143. The molecule has 3 aliphatic heterocycles. The molecule has 13 heteroatoms. The number of aryl methyl sites for hydroxylation is 1. The van der Waals surface area contributed by atoms with Gasteiger partial charge in [-0.15, -0.1) is 0 Å². The zero-order valence-corrected chi connectivity index (χ0v) is 25.8. The first kappa shape index (κ1) is 32.6. The van der Waals surface area contributed by atoms with Crippen LogP contribution in [0.5, 0.6) is 5.88 Å². The molecule has 7 nitrogen and oxygen atoms in total. The van der Waals surface area contributed by atoms with Gasteiger partial charge < -0.3 is 19.4 Å². The zero-order chi connectivity index (χ0) is 33.5. The number of benzene rings is 2. The number of halogens is 6. The number of rotatable bonds is 5. The van der Waals surface area contributed by atoms with E-state index in [-0.39, 0.29) is 54.6 Å². The molecule has 2 amide bonds. The van der Waals surface area contributed by atoms with Crippen molar-refractivity contribution in [2.24, 2.45) is 0 Å². The van der Waals surface area contributed by atoms with Crippen molar-refractivity contribution in [3.8, 4) is 17.0 Å². The second-order valence-electron chi connectivity index (χ2n) is 12.3. The molecule has 0 N–H and O–H groups in total. The lowest BCUT2D eigenvalue weighted by Gasteiger charge is -2.37. The molecule has 0 spiro atoms. The molecule has 250 valence electrons. The third-order valence-corrected chi connectivity index (χ3v) is 9.08. The zero-order valence-electron chi connectivity index (χ0n) is 25.8. The topological polar surface area (TPSA) is 66.0 Å². The smallest absolute Gasteiger partial charge is 0.416 e. The summed E-state index contributed by atoms with van der Waals surface area (Å²) in [6, 6.07) is 10.7. The summed E-state index contributed by atoms with van der Waals surface area (Å²) in [5.41, 5.74) is -0.969. The normalized spacial score (nSPS) is 18.2. The molecular weight excluding hydrogens is 626 g/mol. The molecule has 0 saturated carbocycles. The van der Waals surface area contributed by atoms with Crippen LogP contribution in [-0.4, -0.2) is 65.4 Å². The highest BCUT2D eigenvalue weighted by atomic mass is 19.4. The number of pyridine rings is 1. The van der Waals surface area contributed by atoms with E-state index < -0.39 is 35.9 Å². The first-order chi connectivity index (χ1) is 22.3. The van der Waals surface area contributed by atoms with Gasteiger partial charge in [0.15, 0.2) is 0 Å². The number of likely N-dealkylation sites (tertiary alicyclic amines) is 1. The van der Waals surface area contributed by atoms with Crippen molar-refractivity contribution in [2.75, 3.05) is 37.7 Å². The van der Waals surface area contributed by atoms with Gasteiger partial charge in [0.1, 0.15) is 11.4 Å². The van der Waals surface area contributed by atoms with Crippen molar-refractivity contribution in [3.05, 3.63) is 76.3 Å². The summed E-state index contributed by atoms with van der Waals surface area (Å²) < 4.78 is 87.6. The second-order valence-corrected chi connectivity index (χ2v) is 12.3. The maximum atomic E-state index is 14.3. The lowest BCUT2D eigenvalue weighted by Crippen LogP contribution is -2.45. The van der Waals surface area contributed by atoms with Gasteiger partial charge in [-0.3, -0.25) is 9.59 Å². The third-order valence-electron chi connectivity index (χ3n) is 9.08. The van der Waals surface area contributed by atoms with Crippen molar-refractivity contribution in [3.63, 3.8) is 0 Å². The average molecular weight is 661 g/mol. The monoisotopic (exact) mass is 660 g/mol. The van der Waals surface area contributed by atoms with E-state index in [1.165, 1.54) is 4.90 Å². The van der Waals surface area contributed by atoms with Crippen LogP contribution in [0, 0.1) is 6.92 Å². The Kier molecular flexibility index (Phi) is 8.84. The molecule has 0 aliphatic carbocycles. The average Bonchev–Trinajstić information content (AvgIpc) is 3.46. The van der Waals surface area contributed by atoms with Gasteiger partial charge >= 0.3 is 12.4 Å². The number of aromatic nitrogens is 1. The summed E-state index contributed by atoms with van der Waals surface area (Å²) in [6.07, 6.45) is -6.77. The number of carbonyl (C=O) groups is 2. The molecule has 2 aromatic carbocycles. The number of anilines is 1. The van der Waals surface area contributed by atoms with Gasteiger partial charge in [-0.25, -0.2) is 0 Å². The number of amides is 2. The van der Waals surface area contributed by atoms with E-state index in [4.69, 9.17) is 9.72 Å². The molecule has 2 fully saturated rings. The maximum Gasteiger partial charge on any atom is 0.416 e. The highest BCUT2D eigenvalue weighted by molar-refractivity contribution is 6.04. The fourth-order valence-corrected chi connectivity index (χ4v) is 6.70. The predicted molar refractivity (Wildman–Crippen MR) is 162 cm³/mol. The van der Waals surface area contributed by atoms with Crippen LogP contribution in [0.1, 0.15) is 64.7 Å². The van der Waals surface area contributed by atoms with Gasteiger partial charge in [0.05, 0.1) is 17.7 Å². The summed E-state index contributed by atoms with van der Waals surface area (Å²) in [6.45, 7) is 3.62. The van der Waals surface area contributed by atoms with E-state index in [0.29, 0.717) is 43.0 Å². The van der Waals surface area contributed by atoms with E-state index in [1.54, 1.807) is 6.07 Å². The van der Waals surface area contributed by atoms with Crippen LogP contribution >= 0.6 is 0 Å². The Morgan fingerprint density at radius 2 is 1.53 bits per heavy atom. The molecule has 6 rings (SSSR count). The van der Waals surface area contributed by atoms with Gasteiger partial charge in [-0.05, 0) is 73.6 Å². The fraction of sp³-hybridized carbons (Fsp3) is 0.441. The summed E-state index contributed by atoms with van der Waals surface area (Å²) in [4.78, 5) is 36.7. The van der Waals surface area contributed by atoms with Gasteiger partial charge in [0, 0.05) is 50.7 Å². The standard InChI is InChI=1S/C34H34F6N4O3/c1-21-6-2-3-7-26(21)27-19-28(42-13-9-25(10-14-42)44-12-4-8-29(44)45)41-31-30(27)32(46)43(11-5-15-47-31)20-22-16-23(33(35,36)37)18-24(17-22)34(38,39)40/h2-3,6-7,16-19,25H,4-5,8-15,20H2,1H3. The Hall–Kier alpha value is -4.29. The third kappa shape index (κ3) is 6.89. The molecule has 3 aromatic rings. The largest absolute Gasteiger partial charge is 0.477 e. The first-order valence-corrected chi connectivity index (χ1v) is 15.7. The maximum absolute atomic E-state index is 14.3. The molecule has 47 heavy (non-hydrogen) atoms. The van der Waals surface area contributed by atoms with Crippen molar-refractivity contribution in [2.45, 2.75) is 64.0 Å². The molecule has 2 saturated heterocycles. The van der Waals surface area contributed by atoms with Crippen LogP contribution in [-0.2, 0) is 23.7 Å². The number of alkyl halides is 6. The number of fused-ring (bicyclic) bond motifs is 1. The van der Waals surface area contributed by atoms with Gasteiger partial charge in [0.25, 0.3) is 5.91 Å². The van der Waals surface area contributed by atoms with Crippen molar-refractivity contribution < 1.29 is 40.7 Å². The van der Waals surface area contributed by atoms with E-state index in [0.717, 1.165) is 36.9 Å². The Morgan fingerprint density at radius 3 is 2.15 bits per heavy atom. The number of hydrogen-bond acceptors (Lipinski definition) is 5. The molecule has 0 unspecified atom stereocenters. The minimum Gasteiger partial charge on any atom is -0.477 e. The molecule has 0 bridgehead atoms. The van der Waals surface area contributed by atoms with Crippen LogP contribution < -0.4 is 9.64 Å². The molecule has 1 aromatic heterocycles. The summed E-state index contributed by atoms with van der Waals surface area (Å²) in [7, 11) is 0. The Bertz CT molecular complexity index is 1630. The highest BCUT2D eigenvalue weighted by Gasteiger charge is 2.38. The number of hydrogen-bond donors (Lipinski definition) is 0. The van der Waals surface area contributed by atoms with Crippen molar-refractivity contribution in [1.82, 2.24) is 14.8 Å². The van der Waals surface area contributed by atoms with E-state index in [1.807, 2.05) is 36.1 Å². The molecule has 0 atom stereocenters. The van der Waals surface area contributed by atoms with Crippen LogP contribution in [0.2, 0.25) is 0 Å². The number of piperidine rings is 1. The highest BCUT2D eigenvalue weighted by Crippen LogP contribution is 2.39. The van der Waals surface area contributed by atoms with Crippen molar-refractivity contribution >= 4 is 17.6 Å². The minimum atomic E-state index is -5.01. The quantitative estimate of drug-likeness (QED) is 0.273. The van der Waals surface area contributed by atoms with E-state index >= 15 is 0 Å².